The first-order valence-electron chi connectivity index (χ1n) is 4.44. The molecule has 0 amide bonds. The molecule has 0 saturated carbocycles. The summed E-state index contributed by atoms with van der Waals surface area (Å²) in [5.41, 5.74) is 4.68. The van der Waals surface area contributed by atoms with E-state index in [9.17, 15) is 0 Å². The molecule has 2 heteroatoms. The average molecular weight is 259 g/mol. The number of fused-ring (bicyclic) bond motifs is 1. The maximum atomic E-state index is 4.48. The molecular formula is C12H12NY-. The zero-order chi connectivity index (χ0) is 9.42. The predicted molar refractivity (Wildman–Crippen MR) is 54.8 cm³/mol. The van der Waals surface area contributed by atoms with Crippen LogP contribution in [0, 0.1) is 26.8 Å². The van der Waals surface area contributed by atoms with Crippen molar-refractivity contribution in [1.82, 2.24) is 4.98 Å². The molecule has 2 aromatic rings. The number of hydrogen-bond donors (Lipinski definition) is 0. The third-order valence-corrected chi connectivity index (χ3v) is 2.62. The molecule has 0 atom stereocenters. The average Bonchev–Trinajstić information content (AvgIpc) is 2.15. The molecule has 0 aliphatic heterocycles. The Morgan fingerprint density at radius 3 is 2.57 bits per heavy atom. The summed E-state index contributed by atoms with van der Waals surface area (Å²) in [6, 6.07) is 9.16. The molecule has 0 aliphatic rings. The van der Waals surface area contributed by atoms with E-state index < -0.39 is 0 Å². The molecule has 0 bridgehead atoms. The Bertz CT molecular complexity index is 463. The van der Waals surface area contributed by atoms with Gasteiger partial charge in [0.15, 0.2) is 0 Å². The molecule has 0 N–H and O–H groups in total. The third-order valence-electron chi connectivity index (χ3n) is 2.62. The minimum absolute atomic E-state index is 0. The molecule has 0 aliphatic carbocycles. The maximum Gasteiger partial charge on any atom is 0.0375 e. The second kappa shape index (κ2) is 4.50. The van der Waals surface area contributed by atoms with E-state index >= 15 is 0 Å². The van der Waals surface area contributed by atoms with Gasteiger partial charge in [-0.25, -0.2) is 0 Å². The minimum atomic E-state index is 0. The third kappa shape index (κ3) is 1.89. The van der Waals surface area contributed by atoms with Crippen molar-refractivity contribution in [2.45, 2.75) is 20.8 Å². The molecule has 0 fully saturated rings. The van der Waals surface area contributed by atoms with E-state index in [1.165, 1.54) is 16.5 Å². The van der Waals surface area contributed by atoms with Gasteiger partial charge >= 0.3 is 0 Å². The molecule has 1 aromatic carbocycles. The fraction of sp³-hybridized carbons (Fsp3) is 0.250. The fourth-order valence-electron chi connectivity index (χ4n) is 1.55. The summed E-state index contributed by atoms with van der Waals surface area (Å²) >= 11 is 0. The molecule has 1 radical (unpaired) electrons. The molecule has 0 unspecified atom stereocenters. The molecule has 1 nitrogen and oxygen atoms in total. The van der Waals surface area contributed by atoms with Crippen molar-refractivity contribution in [3.05, 3.63) is 41.1 Å². The smallest absolute Gasteiger partial charge is 0.0375 e. The number of aromatic nitrogens is 1. The molecule has 0 spiro atoms. The van der Waals surface area contributed by atoms with Crippen LogP contribution in [-0.4, -0.2) is 4.98 Å². The van der Waals surface area contributed by atoms with Crippen LogP contribution in [0.3, 0.4) is 0 Å². The van der Waals surface area contributed by atoms with Crippen molar-refractivity contribution < 1.29 is 32.7 Å². The van der Waals surface area contributed by atoms with Gasteiger partial charge in [-0.05, 0) is 24.9 Å². The van der Waals surface area contributed by atoms with E-state index in [2.05, 4.69) is 31.0 Å². The van der Waals surface area contributed by atoms with Crippen molar-refractivity contribution in [1.29, 1.82) is 0 Å². The number of nitrogens with zero attached hydrogens (tertiary/aromatic N) is 1. The van der Waals surface area contributed by atoms with Crippen LogP contribution < -0.4 is 0 Å². The van der Waals surface area contributed by atoms with Gasteiger partial charge in [-0.15, -0.1) is 5.39 Å². The van der Waals surface area contributed by atoms with Gasteiger partial charge in [0.25, 0.3) is 0 Å². The summed E-state index contributed by atoms with van der Waals surface area (Å²) in [6.07, 6.45) is 0. The number of hydrogen-bond acceptors (Lipinski definition) is 1. The molecule has 1 heterocycles. The topological polar surface area (TPSA) is 12.9 Å². The Kier molecular flexibility index (Phi) is 3.80. The maximum absolute atomic E-state index is 4.48. The molecule has 69 valence electrons. The van der Waals surface area contributed by atoms with Gasteiger partial charge in [0.2, 0.25) is 0 Å². The van der Waals surface area contributed by atoms with Crippen LogP contribution in [0.25, 0.3) is 10.9 Å². The van der Waals surface area contributed by atoms with Gasteiger partial charge < -0.3 is 0 Å². The first-order valence-corrected chi connectivity index (χ1v) is 4.44. The van der Waals surface area contributed by atoms with Crippen molar-refractivity contribution >= 4 is 10.9 Å². The first kappa shape index (κ1) is 11.8. The van der Waals surface area contributed by atoms with Gasteiger partial charge in [-0.3, -0.25) is 4.98 Å². The van der Waals surface area contributed by atoms with Gasteiger partial charge in [0.05, 0.1) is 0 Å². The quantitative estimate of drug-likeness (QED) is 0.663. The Morgan fingerprint density at radius 1 is 1.14 bits per heavy atom. The summed E-state index contributed by atoms with van der Waals surface area (Å²) in [7, 11) is 0. The standard InChI is InChI=1S/C12H12N.Y/c1-8-9(2)11-6-4-5-7-12(11)13-10(8)3;/h4-6H,1-3H3;/q-1;. The van der Waals surface area contributed by atoms with E-state index in [1.54, 1.807) is 0 Å². The monoisotopic (exact) mass is 259 g/mol. The van der Waals surface area contributed by atoms with Crippen LogP contribution in [0.4, 0.5) is 0 Å². The van der Waals surface area contributed by atoms with Gasteiger partial charge in [-0.2, -0.15) is 24.3 Å². The van der Waals surface area contributed by atoms with Gasteiger partial charge in [0.1, 0.15) is 0 Å². The number of aryl methyl sites for hydroxylation is 2. The Labute approximate surface area is 110 Å². The molecule has 1 aromatic heterocycles. The predicted octanol–water partition coefficient (Wildman–Crippen LogP) is 2.96. The number of pyridine rings is 1. The van der Waals surface area contributed by atoms with Crippen LogP contribution in [-0.2, 0) is 32.7 Å². The normalized spacial score (nSPS) is 9.93. The van der Waals surface area contributed by atoms with Crippen LogP contribution in [0.1, 0.15) is 16.8 Å². The summed E-state index contributed by atoms with van der Waals surface area (Å²) < 4.78 is 0. The van der Waals surface area contributed by atoms with E-state index in [0.29, 0.717) is 0 Å². The van der Waals surface area contributed by atoms with Crippen LogP contribution in [0.2, 0.25) is 0 Å². The van der Waals surface area contributed by atoms with E-state index in [1.807, 2.05) is 19.1 Å². The van der Waals surface area contributed by atoms with Crippen molar-refractivity contribution in [2.24, 2.45) is 0 Å². The Morgan fingerprint density at radius 2 is 1.86 bits per heavy atom. The Balaban J connectivity index is 0.000000980. The van der Waals surface area contributed by atoms with Crippen molar-refractivity contribution in [2.75, 3.05) is 0 Å². The number of rotatable bonds is 0. The molecule has 14 heavy (non-hydrogen) atoms. The zero-order valence-corrected chi connectivity index (χ0v) is 11.6. The van der Waals surface area contributed by atoms with E-state index in [-0.39, 0.29) is 32.7 Å². The summed E-state index contributed by atoms with van der Waals surface area (Å²) in [4.78, 5) is 4.48. The van der Waals surface area contributed by atoms with E-state index in [4.69, 9.17) is 0 Å². The van der Waals surface area contributed by atoms with Gasteiger partial charge in [-0.1, -0.05) is 12.5 Å². The Hall–Kier alpha value is -0.266. The molecular weight excluding hydrogens is 247 g/mol. The SMILES string of the molecule is Cc1nc2[c-]cccc2c(C)c1C.[Y]. The largest absolute Gasteiger partial charge is 0.280 e. The second-order valence-electron chi connectivity index (χ2n) is 3.38. The van der Waals surface area contributed by atoms with Crippen molar-refractivity contribution in [3.8, 4) is 0 Å². The summed E-state index contributed by atoms with van der Waals surface area (Å²) in [5.74, 6) is 0. The molecule has 2 rings (SSSR count). The van der Waals surface area contributed by atoms with Crippen LogP contribution in [0.15, 0.2) is 18.2 Å². The number of para-hydroxylation sites is 1. The fourth-order valence-corrected chi connectivity index (χ4v) is 1.55. The van der Waals surface area contributed by atoms with Crippen LogP contribution >= 0.6 is 0 Å². The number of benzene rings is 1. The van der Waals surface area contributed by atoms with Crippen molar-refractivity contribution in [3.63, 3.8) is 0 Å². The minimum Gasteiger partial charge on any atom is -0.280 e. The summed E-state index contributed by atoms with van der Waals surface area (Å²) in [5, 5.41) is 1.21. The van der Waals surface area contributed by atoms with Gasteiger partial charge in [0, 0.05) is 38.4 Å². The molecule has 0 saturated heterocycles. The first-order chi connectivity index (χ1) is 6.20. The zero-order valence-electron chi connectivity index (χ0n) is 8.76. The van der Waals surface area contributed by atoms with E-state index in [0.717, 1.165) is 11.2 Å². The second-order valence-corrected chi connectivity index (χ2v) is 3.38. The summed E-state index contributed by atoms with van der Waals surface area (Å²) in [6.45, 7) is 6.30. The van der Waals surface area contributed by atoms with Crippen LogP contribution in [0.5, 0.6) is 0 Å².